The van der Waals surface area contributed by atoms with Crippen LogP contribution in [-0.4, -0.2) is 75.1 Å². The topological polar surface area (TPSA) is 120 Å². The first-order valence-electron chi connectivity index (χ1n) is 7.69. The van der Waals surface area contributed by atoms with Gasteiger partial charge in [0, 0.05) is 0 Å². The van der Waals surface area contributed by atoms with E-state index in [9.17, 15) is 20.4 Å². The van der Waals surface area contributed by atoms with Gasteiger partial charge in [0.15, 0.2) is 6.29 Å². The SMILES string of the molecule is CC/C=C\C[C@@H](O)C[C@H](C)O[C@@H]1O[C@H](CO)[C@@H](O)[C@H](O)[C@H]1O. The molecule has 1 heterocycles. The molecule has 0 unspecified atom stereocenters. The van der Waals surface area contributed by atoms with E-state index in [0.717, 1.165) is 6.42 Å². The predicted molar refractivity (Wildman–Crippen MR) is 79.0 cm³/mol. The normalized spacial score (nSPS) is 35.7. The van der Waals surface area contributed by atoms with Crippen LogP contribution in [0.4, 0.5) is 0 Å². The van der Waals surface area contributed by atoms with Crippen LogP contribution in [0.2, 0.25) is 0 Å². The summed E-state index contributed by atoms with van der Waals surface area (Å²) < 4.78 is 10.7. The average Bonchev–Trinajstić information content (AvgIpc) is 2.48. The zero-order valence-corrected chi connectivity index (χ0v) is 13.1. The second-order valence-corrected chi connectivity index (χ2v) is 5.65. The van der Waals surface area contributed by atoms with E-state index >= 15 is 0 Å². The highest BCUT2D eigenvalue weighted by molar-refractivity contribution is 4.89. The van der Waals surface area contributed by atoms with Crippen molar-refractivity contribution in [1.29, 1.82) is 0 Å². The van der Waals surface area contributed by atoms with Crippen LogP contribution in [0.25, 0.3) is 0 Å². The number of allylic oxidation sites excluding steroid dienone is 1. The lowest BCUT2D eigenvalue weighted by molar-refractivity contribution is -0.311. The minimum atomic E-state index is -1.46. The molecule has 0 aromatic rings. The van der Waals surface area contributed by atoms with Crippen LogP contribution in [0, 0.1) is 0 Å². The summed E-state index contributed by atoms with van der Waals surface area (Å²) in [4.78, 5) is 0. The molecular weight excluding hydrogens is 292 g/mol. The van der Waals surface area contributed by atoms with Crippen LogP contribution in [-0.2, 0) is 9.47 Å². The van der Waals surface area contributed by atoms with Gasteiger partial charge in [0.25, 0.3) is 0 Å². The van der Waals surface area contributed by atoms with Crippen molar-refractivity contribution in [3.63, 3.8) is 0 Å². The summed E-state index contributed by atoms with van der Waals surface area (Å²) in [7, 11) is 0. The van der Waals surface area contributed by atoms with Crippen molar-refractivity contribution in [3.05, 3.63) is 12.2 Å². The van der Waals surface area contributed by atoms with E-state index in [1.807, 2.05) is 19.1 Å². The fourth-order valence-electron chi connectivity index (χ4n) is 2.36. The van der Waals surface area contributed by atoms with Gasteiger partial charge in [0.1, 0.15) is 24.4 Å². The minimum absolute atomic E-state index is 0.336. The molecule has 0 aromatic carbocycles. The van der Waals surface area contributed by atoms with Gasteiger partial charge in [-0.15, -0.1) is 0 Å². The lowest BCUT2D eigenvalue weighted by Gasteiger charge is -2.40. The van der Waals surface area contributed by atoms with Gasteiger partial charge in [0.05, 0.1) is 18.8 Å². The van der Waals surface area contributed by atoms with Crippen molar-refractivity contribution >= 4 is 0 Å². The molecule has 0 radical (unpaired) electrons. The average molecular weight is 320 g/mol. The van der Waals surface area contributed by atoms with Crippen LogP contribution in [0.5, 0.6) is 0 Å². The quantitative estimate of drug-likeness (QED) is 0.375. The van der Waals surface area contributed by atoms with E-state index < -0.39 is 49.5 Å². The largest absolute Gasteiger partial charge is 0.394 e. The molecule has 5 N–H and O–H groups in total. The minimum Gasteiger partial charge on any atom is -0.394 e. The van der Waals surface area contributed by atoms with Gasteiger partial charge < -0.3 is 35.0 Å². The van der Waals surface area contributed by atoms with Crippen molar-refractivity contribution in [2.24, 2.45) is 0 Å². The molecule has 1 aliphatic heterocycles. The van der Waals surface area contributed by atoms with Crippen LogP contribution in [0.3, 0.4) is 0 Å². The first-order chi connectivity index (χ1) is 10.4. The standard InChI is InChI=1S/C15H28O7/c1-3-4-5-6-10(17)7-9(2)21-15-14(20)13(19)12(18)11(8-16)22-15/h4-5,9-20H,3,6-8H2,1-2H3/b5-4-/t9-,10+,11+,12+,13-,14+,15+/m0/s1. The number of ether oxygens (including phenoxy) is 2. The first-order valence-corrected chi connectivity index (χ1v) is 7.69. The van der Waals surface area contributed by atoms with Gasteiger partial charge in [-0.3, -0.25) is 0 Å². The zero-order valence-electron chi connectivity index (χ0n) is 13.1. The van der Waals surface area contributed by atoms with Crippen molar-refractivity contribution in [1.82, 2.24) is 0 Å². The third-order valence-corrected chi connectivity index (χ3v) is 3.63. The summed E-state index contributed by atoms with van der Waals surface area (Å²) in [5.41, 5.74) is 0. The lowest BCUT2D eigenvalue weighted by Crippen LogP contribution is -2.59. The summed E-state index contributed by atoms with van der Waals surface area (Å²) in [5.74, 6) is 0. The van der Waals surface area contributed by atoms with Crippen LogP contribution in [0.15, 0.2) is 12.2 Å². The van der Waals surface area contributed by atoms with E-state index in [0.29, 0.717) is 12.8 Å². The molecule has 1 fully saturated rings. The van der Waals surface area contributed by atoms with Gasteiger partial charge in [-0.25, -0.2) is 0 Å². The first kappa shape index (κ1) is 19.5. The molecule has 0 saturated carbocycles. The second-order valence-electron chi connectivity index (χ2n) is 5.65. The highest BCUT2D eigenvalue weighted by Crippen LogP contribution is 2.23. The van der Waals surface area contributed by atoms with Crippen LogP contribution < -0.4 is 0 Å². The molecule has 1 saturated heterocycles. The summed E-state index contributed by atoms with van der Waals surface area (Å²) in [6, 6.07) is 0. The van der Waals surface area contributed by atoms with Crippen molar-refractivity contribution < 1.29 is 35.0 Å². The summed E-state index contributed by atoms with van der Waals surface area (Å²) >= 11 is 0. The molecule has 0 aliphatic carbocycles. The Hall–Kier alpha value is -0.540. The van der Waals surface area contributed by atoms with Gasteiger partial charge in [0.2, 0.25) is 0 Å². The number of aliphatic hydroxyl groups excluding tert-OH is 5. The van der Waals surface area contributed by atoms with Crippen molar-refractivity contribution in [3.8, 4) is 0 Å². The smallest absolute Gasteiger partial charge is 0.186 e. The maximum Gasteiger partial charge on any atom is 0.186 e. The summed E-state index contributed by atoms with van der Waals surface area (Å²) in [6.45, 7) is 3.23. The van der Waals surface area contributed by atoms with E-state index in [1.165, 1.54) is 0 Å². The van der Waals surface area contributed by atoms with Crippen LogP contribution in [0.1, 0.15) is 33.1 Å². The Bertz CT molecular complexity index is 334. The molecular formula is C15H28O7. The van der Waals surface area contributed by atoms with E-state index in [2.05, 4.69) is 0 Å². The number of aliphatic hydroxyl groups is 5. The Labute approximate surface area is 130 Å². The molecule has 0 spiro atoms. The zero-order chi connectivity index (χ0) is 16.7. The molecule has 1 rings (SSSR count). The Morgan fingerprint density at radius 1 is 1.14 bits per heavy atom. The van der Waals surface area contributed by atoms with Crippen molar-refractivity contribution in [2.45, 2.75) is 76.0 Å². The molecule has 0 amide bonds. The predicted octanol–water partition coefficient (Wildman–Crippen LogP) is -0.701. The number of hydrogen-bond acceptors (Lipinski definition) is 7. The Kier molecular flexibility index (Phi) is 8.48. The van der Waals surface area contributed by atoms with E-state index in [1.54, 1.807) is 6.92 Å². The number of hydrogen-bond donors (Lipinski definition) is 5. The molecule has 7 heteroatoms. The molecule has 22 heavy (non-hydrogen) atoms. The van der Waals surface area contributed by atoms with Gasteiger partial charge in [-0.2, -0.15) is 0 Å². The Balaban J connectivity index is 2.48. The third kappa shape index (κ3) is 5.58. The monoisotopic (exact) mass is 320 g/mol. The molecule has 0 bridgehead atoms. The Morgan fingerprint density at radius 2 is 1.82 bits per heavy atom. The maximum atomic E-state index is 9.87. The lowest BCUT2D eigenvalue weighted by atomic mass is 9.99. The highest BCUT2D eigenvalue weighted by atomic mass is 16.7. The fraction of sp³-hybridized carbons (Fsp3) is 0.867. The van der Waals surface area contributed by atoms with Gasteiger partial charge in [-0.05, 0) is 26.2 Å². The molecule has 130 valence electrons. The van der Waals surface area contributed by atoms with Gasteiger partial charge >= 0.3 is 0 Å². The molecule has 7 nitrogen and oxygen atoms in total. The van der Waals surface area contributed by atoms with Crippen molar-refractivity contribution in [2.75, 3.05) is 6.61 Å². The summed E-state index contributed by atoms with van der Waals surface area (Å²) in [5, 5.41) is 48.2. The maximum absolute atomic E-state index is 9.87. The highest BCUT2D eigenvalue weighted by Gasteiger charge is 2.44. The van der Waals surface area contributed by atoms with Gasteiger partial charge in [-0.1, -0.05) is 19.1 Å². The molecule has 7 atom stereocenters. The second kappa shape index (κ2) is 9.57. The van der Waals surface area contributed by atoms with Crippen LogP contribution >= 0.6 is 0 Å². The molecule has 0 aromatic heterocycles. The summed E-state index contributed by atoms with van der Waals surface area (Å²) in [6.07, 6.45) is -1.83. The van der Waals surface area contributed by atoms with E-state index in [-0.39, 0.29) is 0 Å². The third-order valence-electron chi connectivity index (χ3n) is 3.63. The fourth-order valence-corrected chi connectivity index (χ4v) is 2.36. The molecule has 1 aliphatic rings. The Morgan fingerprint density at radius 3 is 2.41 bits per heavy atom. The number of rotatable bonds is 8. The van der Waals surface area contributed by atoms with E-state index in [4.69, 9.17) is 14.6 Å².